The first-order valence-electron chi connectivity index (χ1n) is 10.3. The Morgan fingerprint density at radius 2 is 1.88 bits per heavy atom. The average Bonchev–Trinajstić information content (AvgIpc) is 2.83. The molecule has 0 aliphatic carbocycles. The fourth-order valence-electron chi connectivity index (χ4n) is 3.31. The fraction of sp³-hybridized carbons (Fsp3) is 0.381. The van der Waals surface area contributed by atoms with Crippen molar-refractivity contribution in [2.75, 3.05) is 51.5 Å². The maximum atomic E-state index is 12.6. The molecular weight excluding hydrogens is 452 g/mol. The number of morpholine rings is 1. The van der Waals surface area contributed by atoms with Crippen LogP contribution in [0.5, 0.6) is 0 Å². The minimum atomic E-state index is -3.64. The van der Waals surface area contributed by atoms with Crippen molar-refractivity contribution in [3.63, 3.8) is 0 Å². The van der Waals surface area contributed by atoms with Gasteiger partial charge >= 0.3 is 0 Å². The summed E-state index contributed by atoms with van der Waals surface area (Å²) in [5.74, 6) is -0.468. The predicted octanol–water partition coefficient (Wildman–Crippen LogP) is 1.29. The predicted molar refractivity (Wildman–Crippen MR) is 121 cm³/mol. The van der Waals surface area contributed by atoms with Gasteiger partial charge in [0, 0.05) is 44.9 Å². The molecule has 1 heterocycles. The van der Waals surface area contributed by atoms with Gasteiger partial charge in [0.25, 0.3) is 11.6 Å². The number of rotatable bonds is 10. The molecule has 2 N–H and O–H groups in total. The van der Waals surface area contributed by atoms with E-state index in [2.05, 4.69) is 10.0 Å². The Balaban J connectivity index is 1.64. The Hall–Kier alpha value is -3.06. The number of benzene rings is 2. The van der Waals surface area contributed by atoms with Gasteiger partial charge in [0.1, 0.15) is 5.69 Å². The van der Waals surface area contributed by atoms with Gasteiger partial charge in [-0.05, 0) is 29.8 Å². The van der Waals surface area contributed by atoms with Crippen molar-refractivity contribution in [1.82, 2.24) is 10.0 Å². The van der Waals surface area contributed by atoms with E-state index in [1.807, 2.05) is 4.90 Å². The number of hydrogen-bond acceptors (Lipinski definition) is 8. The second-order valence-corrected chi connectivity index (χ2v) is 9.04. The van der Waals surface area contributed by atoms with Crippen LogP contribution in [0.1, 0.15) is 15.9 Å². The Labute approximate surface area is 191 Å². The first-order chi connectivity index (χ1) is 15.8. The van der Waals surface area contributed by atoms with Crippen molar-refractivity contribution >= 4 is 27.3 Å². The number of nitrogens with one attached hydrogen (secondary N) is 2. The molecule has 12 heteroatoms. The van der Waals surface area contributed by atoms with Crippen molar-refractivity contribution in [2.24, 2.45) is 0 Å². The topological polar surface area (TPSA) is 140 Å². The number of carbonyl (C=O) groups is 1. The summed E-state index contributed by atoms with van der Waals surface area (Å²) in [7, 11) is -2.16. The highest BCUT2D eigenvalue weighted by atomic mass is 32.2. The van der Waals surface area contributed by atoms with Crippen LogP contribution in [0.4, 0.5) is 11.4 Å². The van der Waals surface area contributed by atoms with E-state index in [1.54, 1.807) is 24.3 Å². The molecule has 0 bridgehead atoms. The number of nitro groups is 1. The third kappa shape index (κ3) is 6.48. The lowest BCUT2D eigenvalue weighted by Gasteiger charge is -2.28. The van der Waals surface area contributed by atoms with Gasteiger partial charge < -0.3 is 19.7 Å². The molecule has 2 aromatic carbocycles. The number of amides is 1. The summed E-state index contributed by atoms with van der Waals surface area (Å²) in [6.07, 6.45) is 0. The van der Waals surface area contributed by atoms with Crippen molar-refractivity contribution in [3.8, 4) is 0 Å². The summed E-state index contributed by atoms with van der Waals surface area (Å²) < 4.78 is 36.9. The lowest BCUT2D eigenvalue weighted by Crippen LogP contribution is -2.36. The van der Waals surface area contributed by atoms with Gasteiger partial charge in [-0.15, -0.1) is 0 Å². The van der Waals surface area contributed by atoms with Gasteiger partial charge in [-0.25, -0.2) is 13.1 Å². The van der Waals surface area contributed by atoms with Gasteiger partial charge in [-0.1, -0.05) is 12.1 Å². The van der Waals surface area contributed by atoms with E-state index >= 15 is 0 Å². The van der Waals surface area contributed by atoms with E-state index < -0.39 is 20.9 Å². The minimum absolute atomic E-state index is 0.100. The Kier molecular flexibility index (Phi) is 8.33. The molecule has 0 saturated carbocycles. The number of anilines is 1. The Morgan fingerprint density at radius 1 is 1.18 bits per heavy atom. The van der Waals surface area contributed by atoms with Gasteiger partial charge in [0.2, 0.25) is 10.0 Å². The highest BCUT2D eigenvalue weighted by Gasteiger charge is 2.23. The standard InChI is InChI=1S/C21H26N4O7S/c1-31-11-8-23-33(29,30)18-5-2-16(3-6-18)15-22-21(26)17-4-7-19(20(14-17)25(27)28)24-9-12-32-13-10-24/h2-7,14,23H,8-13,15H2,1H3,(H,22,26). The van der Waals surface area contributed by atoms with Gasteiger partial charge in [-0.2, -0.15) is 0 Å². The largest absolute Gasteiger partial charge is 0.383 e. The van der Waals surface area contributed by atoms with Crippen LogP contribution < -0.4 is 14.9 Å². The van der Waals surface area contributed by atoms with Crippen LogP contribution >= 0.6 is 0 Å². The zero-order chi connectivity index (χ0) is 23.8. The molecule has 0 spiro atoms. The molecule has 178 valence electrons. The minimum Gasteiger partial charge on any atom is -0.383 e. The number of methoxy groups -OCH3 is 1. The summed E-state index contributed by atoms with van der Waals surface area (Å²) in [6, 6.07) is 10.5. The van der Waals surface area contributed by atoms with Crippen molar-refractivity contribution < 1.29 is 27.6 Å². The van der Waals surface area contributed by atoms with Crippen LogP contribution in [0.25, 0.3) is 0 Å². The first-order valence-corrected chi connectivity index (χ1v) is 11.8. The molecule has 1 aliphatic heterocycles. The molecule has 1 aliphatic rings. The molecule has 1 amide bonds. The Bertz CT molecular complexity index is 1080. The second kappa shape index (κ2) is 11.2. The quantitative estimate of drug-likeness (QED) is 0.296. The lowest BCUT2D eigenvalue weighted by atomic mass is 10.1. The van der Waals surface area contributed by atoms with Gasteiger partial charge in [0.05, 0.1) is 29.6 Å². The maximum absolute atomic E-state index is 12.6. The maximum Gasteiger partial charge on any atom is 0.293 e. The van der Waals surface area contributed by atoms with Crippen molar-refractivity contribution in [3.05, 3.63) is 63.7 Å². The van der Waals surface area contributed by atoms with E-state index in [4.69, 9.17) is 9.47 Å². The van der Waals surface area contributed by atoms with Crippen LogP contribution in [0, 0.1) is 10.1 Å². The summed E-state index contributed by atoms with van der Waals surface area (Å²) in [5, 5.41) is 14.3. The molecule has 3 rings (SSSR count). The normalized spacial score (nSPS) is 14.2. The van der Waals surface area contributed by atoms with E-state index in [0.717, 1.165) is 0 Å². The van der Waals surface area contributed by atoms with Crippen molar-refractivity contribution in [2.45, 2.75) is 11.4 Å². The molecule has 0 aromatic heterocycles. The van der Waals surface area contributed by atoms with Crippen LogP contribution in [0.2, 0.25) is 0 Å². The van der Waals surface area contributed by atoms with Gasteiger partial charge in [0.15, 0.2) is 0 Å². The third-order valence-electron chi connectivity index (χ3n) is 5.07. The first kappa shape index (κ1) is 24.6. The highest BCUT2D eigenvalue weighted by molar-refractivity contribution is 7.89. The van der Waals surface area contributed by atoms with Crippen molar-refractivity contribution in [1.29, 1.82) is 0 Å². The number of carbonyl (C=O) groups excluding carboxylic acids is 1. The summed E-state index contributed by atoms with van der Waals surface area (Å²) >= 11 is 0. The average molecular weight is 479 g/mol. The summed E-state index contributed by atoms with van der Waals surface area (Å²) in [4.78, 5) is 25.6. The van der Waals surface area contributed by atoms with Crippen LogP contribution in [-0.2, 0) is 26.0 Å². The molecule has 0 unspecified atom stereocenters. The zero-order valence-electron chi connectivity index (χ0n) is 18.2. The molecule has 0 radical (unpaired) electrons. The smallest absolute Gasteiger partial charge is 0.293 e. The number of nitrogens with zero attached hydrogens (tertiary/aromatic N) is 2. The fourth-order valence-corrected chi connectivity index (χ4v) is 4.33. The van der Waals surface area contributed by atoms with Crippen LogP contribution in [0.3, 0.4) is 0 Å². The van der Waals surface area contributed by atoms with E-state index in [0.29, 0.717) is 37.6 Å². The molecule has 33 heavy (non-hydrogen) atoms. The molecule has 1 fully saturated rings. The summed E-state index contributed by atoms with van der Waals surface area (Å²) in [5.41, 5.74) is 1.16. The molecule has 2 aromatic rings. The van der Waals surface area contributed by atoms with E-state index in [-0.39, 0.29) is 35.8 Å². The third-order valence-corrected chi connectivity index (χ3v) is 6.55. The molecule has 0 atom stereocenters. The van der Waals surface area contributed by atoms with Crippen LogP contribution in [0.15, 0.2) is 47.4 Å². The monoisotopic (exact) mass is 478 g/mol. The molecule has 11 nitrogen and oxygen atoms in total. The van der Waals surface area contributed by atoms with E-state index in [9.17, 15) is 23.3 Å². The number of nitro benzene ring substituents is 1. The lowest BCUT2D eigenvalue weighted by molar-refractivity contribution is -0.384. The number of ether oxygens (including phenoxy) is 2. The molecule has 1 saturated heterocycles. The van der Waals surface area contributed by atoms with Gasteiger partial charge in [-0.3, -0.25) is 14.9 Å². The summed E-state index contributed by atoms with van der Waals surface area (Å²) in [6.45, 7) is 2.61. The number of sulfonamides is 1. The highest BCUT2D eigenvalue weighted by Crippen LogP contribution is 2.30. The SMILES string of the molecule is COCCNS(=O)(=O)c1ccc(CNC(=O)c2ccc(N3CCOCC3)c([N+](=O)[O-])c2)cc1. The Morgan fingerprint density at radius 3 is 2.52 bits per heavy atom. The number of hydrogen-bond donors (Lipinski definition) is 2. The van der Waals surface area contributed by atoms with Crippen LogP contribution in [-0.4, -0.2) is 65.8 Å². The second-order valence-electron chi connectivity index (χ2n) is 7.28. The van der Waals surface area contributed by atoms with E-state index in [1.165, 1.54) is 25.3 Å². The molecular formula is C21H26N4O7S. The zero-order valence-corrected chi connectivity index (χ0v) is 19.0.